The molecule has 104 heavy (non-hydrogen) atoms. The number of esters is 4. The maximum absolute atomic E-state index is 13.1. The number of ether oxygens (including phenoxy) is 4. The van der Waals surface area contributed by atoms with Crippen LogP contribution in [0.15, 0.2) is 134 Å². The lowest BCUT2D eigenvalue weighted by molar-refractivity contribution is -0.161. The van der Waals surface area contributed by atoms with Crippen LogP contribution in [-0.4, -0.2) is 96.7 Å². The number of carbonyl (C=O) groups is 4. The van der Waals surface area contributed by atoms with Gasteiger partial charge >= 0.3 is 39.5 Å². The van der Waals surface area contributed by atoms with Gasteiger partial charge in [0, 0.05) is 25.7 Å². The smallest absolute Gasteiger partial charge is 0.462 e. The van der Waals surface area contributed by atoms with Gasteiger partial charge in [0.25, 0.3) is 0 Å². The number of phosphoric ester groups is 2. The van der Waals surface area contributed by atoms with Crippen LogP contribution in [0.3, 0.4) is 0 Å². The Balaban J connectivity index is 5.41. The molecule has 19 heteroatoms. The molecule has 0 rings (SSSR count). The van der Waals surface area contributed by atoms with Crippen molar-refractivity contribution in [3.63, 3.8) is 0 Å². The lowest BCUT2D eigenvalue weighted by Gasteiger charge is -2.21. The third-order valence-corrected chi connectivity index (χ3v) is 18.5. The third-order valence-electron chi connectivity index (χ3n) is 16.5. The van der Waals surface area contributed by atoms with Gasteiger partial charge in [0.1, 0.15) is 19.3 Å². The van der Waals surface area contributed by atoms with Crippen molar-refractivity contribution in [2.45, 2.75) is 341 Å². The van der Waals surface area contributed by atoms with E-state index in [1.54, 1.807) is 0 Å². The van der Waals surface area contributed by atoms with Crippen LogP contribution in [0.4, 0.5) is 0 Å². The number of phosphoric acid groups is 2. The average Bonchev–Trinajstić information content (AvgIpc) is 0.939. The predicted molar refractivity (Wildman–Crippen MR) is 427 cm³/mol. The quantitative estimate of drug-likeness (QED) is 0.0169. The van der Waals surface area contributed by atoms with Crippen LogP contribution in [0.5, 0.6) is 0 Å². The van der Waals surface area contributed by atoms with Crippen LogP contribution >= 0.6 is 15.6 Å². The van der Waals surface area contributed by atoms with Gasteiger partial charge in [-0.1, -0.05) is 277 Å². The maximum atomic E-state index is 13.1. The molecule has 17 nitrogen and oxygen atoms in total. The van der Waals surface area contributed by atoms with Crippen molar-refractivity contribution in [1.29, 1.82) is 0 Å². The van der Waals surface area contributed by atoms with Crippen molar-refractivity contribution in [3.8, 4) is 0 Å². The van der Waals surface area contributed by atoms with Crippen LogP contribution < -0.4 is 0 Å². The molecule has 5 atom stereocenters. The zero-order valence-corrected chi connectivity index (χ0v) is 66.9. The highest BCUT2D eigenvalue weighted by Crippen LogP contribution is 2.45. The molecule has 0 aliphatic heterocycles. The van der Waals surface area contributed by atoms with Crippen LogP contribution in [-0.2, 0) is 65.4 Å². The Bertz CT molecular complexity index is 2490. The lowest BCUT2D eigenvalue weighted by Crippen LogP contribution is -2.30. The van der Waals surface area contributed by atoms with Gasteiger partial charge in [-0.2, -0.15) is 0 Å². The number of hydrogen-bond donors (Lipinski definition) is 3. The van der Waals surface area contributed by atoms with Crippen molar-refractivity contribution in [1.82, 2.24) is 0 Å². The predicted octanol–water partition coefficient (Wildman–Crippen LogP) is 23.7. The minimum absolute atomic E-state index is 0.0700. The van der Waals surface area contributed by atoms with E-state index in [0.29, 0.717) is 32.1 Å². The summed E-state index contributed by atoms with van der Waals surface area (Å²) in [6.45, 7) is 4.57. The van der Waals surface area contributed by atoms with E-state index in [1.807, 2.05) is 12.2 Å². The van der Waals surface area contributed by atoms with E-state index in [9.17, 15) is 43.2 Å². The molecule has 0 saturated carbocycles. The maximum Gasteiger partial charge on any atom is 0.472 e. The number of allylic oxidation sites excluding steroid dienone is 22. The summed E-state index contributed by atoms with van der Waals surface area (Å²) < 4.78 is 68.6. The number of carbonyl (C=O) groups excluding carboxylic acids is 4. The van der Waals surface area contributed by atoms with Gasteiger partial charge in [0.05, 0.1) is 26.4 Å². The molecule has 3 N–H and O–H groups in total. The summed E-state index contributed by atoms with van der Waals surface area (Å²) in [7, 11) is -9.99. The molecule has 0 radical (unpaired) electrons. The van der Waals surface area contributed by atoms with E-state index in [1.165, 1.54) is 57.8 Å². The minimum atomic E-state index is -5.00. The van der Waals surface area contributed by atoms with Gasteiger partial charge in [0.2, 0.25) is 0 Å². The molecule has 0 heterocycles. The molecule has 0 aromatic heterocycles. The topological polar surface area (TPSA) is 237 Å². The highest BCUT2D eigenvalue weighted by atomic mass is 31.2. The molecule has 0 aliphatic rings. The summed E-state index contributed by atoms with van der Waals surface area (Å²) in [6, 6.07) is 0. The summed E-state index contributed by atoms with van der Waals surface area (Å²) in [6.07, 6.45) is 85.8. The summed E-state index contributed by atoms with van der Waals surface area (Å²) in [5, 5.41) is 10.6. The van der Waals surface area contributed by atoms with Gasteiger partial charge in [-0.05, 0) is 154 Å². The summed E-state index contributed by atoms with van der Waals surface area (Å²) in [5.74, 6) is -2.28. The summed E-state index contributed by atoms with van der Waals surface area (Å²) >= 11 is 0. The largest absolute Gasteiger partial charge is 0.472 e. The van der Waals surface area contributed by atoms with E-state index in [2.05, 4.69) is 149 Å². The lowest BCUT2D eigenvalue weighted by atomic mass is 10.1. The van der Waals surface area contributed by atoms with Crippen molar-refractivity contribution in [2.24, 2.45) is 0 Å². The Hall–Kier alpha value is -4.80. The molecular formula is C85H144O17P2. The first-order chi connectivity index (χ1) is 50.7. The molecule has 0 spiro atoms. The van der Waals surface area contributed by atoms with E-state index in [4.69, 9.17) is 37.0 Å². The Morgan fingerprint density at radius 2 is 0.529 bits per heavy atom. The zero-order chi connectivity index (χ0) is 76.0. The molecule has 0 saturated heterocycles. The molecule has 0 fully saturated rings. The molecular weight excluding hydrogens is 1350 g/mol. The number of aliphatic hydroxyl groups excluding tert-OH is 1. The Morgan fingerprint density at radius 3 is 0.875 bits per heavy atom. The first kappa shape index (κ1) is 99.2. The first-order valence-corrected chi connectivity index (χ1v) is 43.4. The zero-order valence-electron chi connectivity index (χ0n) is 65.2. The Kier molecular flexibility index (Phi) is 72.9. The third kappa shape index (κ3) is 75.4. The molecule has 0 amide bonds. The SMILES string of the molecule is CC/C=C\C/C=C\C/C=C\C/C=C\C/C=C\CCCC(=O)OCC(COP(=O)(O)OCC(O)COP(=O)(O)OCC(COC(=O)CCCCCCCC/C=C\C/C=C\C/C=C\CCCCC)OC(=O)CCCCCCC/C=C\C/C=C\CCC)OC(=O)CCCCCCC/C=C\CCCCCCCC. The van der Waals surface area contributed by atoms with Crippen LogP contribution in [0.2, 0.25) is 0 Å². The van der Waals surface area contributed by atoms with Crippen LogP contribution in [0, 0.1) is 0 Å². The van der Waals surface area contributed by atoms with Crippen molar-refractivity contribution in [2.75, 3.05) is 39.6 Å². The summed E-state index contributed by atoms with van der Waals surface area (Å²) in [5.41, 5.74) is 0. The fraction of sp³-hybridized carbons (Fsp3) is 0.694. The van der Waals surface area contributed by atoms with E-state index >= 15 is 0 Å². The average molecular weight is 1500 g/mol. The van der Waals surface area contributed by atoms with Crippen LogP contribution in [0.1, 0.15) is 323 Å². The number of hydrogen-bond acceptors (Lipinski definition) is 15. The van der Waals surface area contributed by atoms with Crippen LogP contribution in [0.25, 0.3) is 0 Å². The number of unbranched alkanes of at least 4 members (excludes halogenated alkanes) is 27. The van der Waals surface area contributed by atoms with Crippen molar-refractivity contribution in [3.05, 3.63) is 134 Å². The second-order valence-electron chi connectivity index (χ2n) is 26.6. The number of rotatable bonds is 75. The minimum Gasteiger partial charge on any atom is -0.462 e. The normalized spacial score (nSPS) is 14.6. The van der Waals surface area contributed by atoms with E-state index in [0.717, 1.165) is 180 Å². The van der Waals surface area contributed by atoms with E-state index < -0.39 is 97.5 Å². The number of aliphatic hydroxyl groups is 1. The van der Waals surface area contributed by atoms with Gasteiger partial charge in [-0.3, -0.25) is 37.3 Å². The summed E-state index contributed by atoms with van der Waals surface area (Å²) in [4.78, 5) is 73.0. The monoisotopic (exact) mass is 1500 g/mol. The molecule has 596 valence electrons. The van der Waals surface area contributed by atoms with Gasteiger partial charge < -0.3 is 33.8 Å². The Labute approximate surface area is 631 Å². The fourth-order valence-electron chi connectivity index (χ4n) is 10.4. The van der Waals surface area contributed by atoms with Crippen molar-refractivity contribution >= 4 is 39.5 Å². The van der Waals surface area contributed by atoms with E-state index in [-0.39, 0.29) is 25.7 Å². The molecule has 5 unspecified atom stereocenters. The first-order valence-electron chi connectivity index (χ1n) is 40.4. The highest BCUT2D eigenvalue weighted by Gasteiger charge is 2.30. The standard InChI is InChI=1S/C85H144O17P2/c1-5-9-13-17-21-25-29-33-36-38-39-41-44-47-50-54-58-62-66-70-83(88)95-75-80(101-84(89)71-67-63-59-55-51-45-32-28-24-20-16-12-8-4)77-99-103(91,92)97-73-79(86)74-98-104(93,94)100-78-81(102-85(90)72-68-64-60-56-52-48-42-35-31-27-23-19-15-11-7-3)76-96-82(87)69-65-61-57-53-49-46-43-40-37-34-30-26-22-18-14-10-6-2/h10,14,16,20-22,25-26,28,32-37,39,41-43,46,53,57,79-81,86H,5-9,11-13,15,17-19,23-24,27,29-31,38,40,44-45,47-52,54-56,58-78H2,1-4H3,(H,91,92)(H,93,94)/b14-10-,20-16-,25-21-,26-22-,32-28-,36-33-,37-34-,41-39-,42-35-,46-43-,57-53-. The fourth-order valence-corrected chi connectivity index (χ4v) is 12.0. The highest BCUT2D eigenvalue weighted by molar-refractivity contribution is 7.47. The van der Waals surface area contributed by atoms with Gasteiger partial charge in [0.15, 0.2) is 12.2 Å². The second kappa shape index (κ2) is 76.4. The molecule has 0 aromatic rings. The molecule has 0 aromatic carbocycles. The Morgan fingerprint density at radius 1 is 0.279 bits per heavy atom. The second-order valence-corrected chi connectivity index (χ2v) is 29.5. The van der Waals surface area contributed by atoms with Crippen molar-refractivity contribution < 1.29 is 80.2 Å². The van der Waals surface area contributed by atoms with Gasteiger partial charge in [-0.25, -0.2) is 9.13 Å². The molecule has 0 bridgehead atoms. The van der Waals surface area contributed by atoms with Gasteiger partial charge in [-0.15, -0.1) is 0 Å². The molecule has 0 aliphatic carbocycles.